The average molecular weight is 298 g/mol. The van der Waals surface area contributed by atoms with E-state index in [4.69, 9.17) is 0 Å². The van der Waals surface area contributed by atoms with Crippen molar-refractivity contribution in [3.63, 3.8) is 0 Å². The van der Waals surface area contributed by atoms with Crippen molar-refractivity contribution in [1.29, 1.82) is 0 Å². The number of hydrogen-bond acceptors (Lipinski definition) is 4. The van der Waals surface area contributed by atoms with Gasteiger partial charge in [0, 0.05) is 46.3 Å². The molecular weight excluding hydrogens is 264 g/mol. The van der Waals surface area contributed by atoms with Gasteiger partial charge in [0.2, 0.25) is 5.91 Å². The lowest BCUT2D eigenvalue weighted by molar-refractivity contribution is -0.130. The number of carbonyl (C=O) groups is 1. The summed E-state index contributed by atoms with van der Waals surface area (Å²) in [4.78, 5) is 18.1. The third-order valence-electron chi connectivity index (χ3n) is 4.29. The number of nitrogens with one attached hydrogen (secondary N) is 1. The smallest absolute Gasteiger partial charge is 0.236 e. The molecule has 0 atom stereocenters. The van der Waals surface area contributed by atoms with Crippen LogP contribution in [0.25, 0.3) is 0 Å². The van der Waals surface area contributed by atoms with E-state index < -0.39 is 0 Å². The quantitative estimate of drug-likeness (QED) is 0.685. The largest absolute Gasteiger partial charge is 0.348 e. The highest BCUT2D eigenvalue weighted by Gasteiger charge is 2.20. The molecule has 1 aliphatic rings. The van der Waals surface area contributed by atoms with Crippen molar-refractivity contribution < 1.29 is 4.79 Å². The van der Waals surface area contributed by atoms with Gasteiger partial charge in [-0.1, -0.05) is 13.8 Å². The first-order valence-electron chi connectivity index (χ1n) is 8.45. The molecule has 124 valence electrons. The maximum atomic E-state index is 11.7. The molecule has 5 heteroatoms. The Labute approximate surface area is 130 Å². The Hall–Kier alpha value is -0.650. The lowest BCUT2D eigenvalue weighted by atomic mass is 10.1. The van der Waals surface area contributed by atoms with E-state index in [1.54, 1.807) is 4.90 Å². The number of rotatable bonds is 9. The van der Waals surface area contributed by atoms with E-state index in [2.05, 4.69) is 29.0 Å². The summed E-state index contributed by atoms with van der Waals surface area (Å²) < 4.78 is 0. The SMILES string of the molecule is CCCN(CC)CCNC1CCN(CC(=O)N(C)C)CC1. The van der Waals surface area contributed by atoms with Crippen LogP contribution in [0.4, 0.5) is 0 Å². The topological polar surface area (TPSA) is 38.8 Å². The van der Waals surface area contributed by atoms with Gasteiger partial charge in [0.15, 0.2) is 0 Å². The number of hydrogen-bond donors (Lipinski definition) is 1. The average Bonchev–Trinajstić information content (AvgIpc) is 2.48. The Balaban J connectivity index is 2.14. The molecule has 0 spiro atoms. The van der Waals surface area contributed by atoms with Crippen LogP contribution in [0.5, 0.6) is 0 Å². The number of amides is 1. The van der Waals surface area contributed by atoms with Crippen molar-refractivity contribution in [1.82, 2.24) is 20.0 Å². The first kappa shape index (κ1) is 18.4. The fourth-order valence-corrected chi connectivity index (χ4v) is 2.80. The molecule has 0 aromatic heterocycles. The van der Waals surface area contributed by atoms with Gasteiger partial charge in [-0.2, -0.15) is 0 Å². The lowest BCUT2D eigenvalue weighted by Gasteiger charge is -2.33. The van der Waals surface area contributed by atoms with Crippen molar-refractivity contribution in [3.8, 4) is 0 Å². The van der Waals surface area contributed by atoms with Crippen molar-refractivity contribution in [3.05, 3.63) is 0 Å². The van der Waals surface area contributed by atoms with E-state index in [1.165, 1.54) is 13.0 Å². The summed E-state index contributed by atoms with van der Waals surface area (Å²) in [5.74, 6) is 0.208. The zero-order valence-corrected chi connectivity index (χ0v) is 14.4. The number of nitrogens with zero attached hydrogens (tertiary/aromatic N) is 3. The Morgan fingerprint density at radius 3 is 2.38 bits per heavy atom. The lowest BCUT2D eigenvalue weighted by Crippen LogP contribution is -2.47. The summed E-state index contributed by atoms with van der Waals surface area (Å²) in [6, 6.07) is 0.621. The molecule has 5 nitrogen and oxygen atoms in total. The van der Waals surface area contributed by atoms with Crippen LogP contribution in [0, 0.1) is 0 Å². The Bertz CT molecular complexity index is 288. The van der Waals surface area contributed by atoms with Gasteiger partial charge in [0.05, 0.1) is 6.54 Å². The molecule has 1 heterocycles. The molecule has 1 N–H and O–H groups in total. The third-order valence-corrected chi connectivity index (χ3v) is 4.29. The van der Waals surface area contributed by atoms with Gasteiger partial charge in [0.25, 0.3) is 0 Å². The second-order valence-corrected chi connectivity index (χ2v) is 6.23. The fraction of sp³-hybridized carbons (Fsp3) is 0.938. The zero-order chi connectivity index (χ0) is 15.7. The highest BCUT2D eigenvalue weighted by atomic mass is 16.2. The maximum absolute atomic E-state index is 11.7. The minimum atomic E-state index is 0.208. The predicted octanol–water partition coefficient (Wildman–Crippen LogP) is 0.861. The van der Waals surface area contributed by atoms with Gasteiger partial charge in [-0.25, -0.2) is 0 Å². The predicted molar refractivity (Wildman–Crippen MR) is 88.6 cm³/mol. The summed E-state index contributed by atoms with van der Waals surface area (Å²) in [5, 5.41) is 3.68. The Kier molecular flexibility index (Phi) is 8.88. The van der Waals surface area contributed by atoms with Gasteiger partial charge >= 0.3 is 0 Å². The van der Waals surface area contributed by atoms with Crippen molar-refractivity contribution in [2.75, 3.05) is 59.9 Å². The van der Waals surface area contributed by atoms with Gasteiger partial charge in [-0.15, -0.1) is 0 Å². The van der Waals surface area contributed by atoms with Crippen LogP contribution in [0.2, 0.25) is 0 Å². The van der Waals surface area contributed by atoms with Crippen molar-refractivity contribution in [2.24, 2.45) is 0 Å². The van der Waals surface area contributed by atoms with Gasteiger partial charge in [-0.3, -0.25) is 9.69 Å². The fourth-order valence-electron chi connectivity index (χ4n) is 2.80. The molecule has 0 unspecified atom stereocenters. The van der Waals surface area contributed by atoms with Crippen LogP contribution in [0.1, 0.15) is 33.1 Å². The molecule has 1 rings (SSSR count). The molecule has 0 aliphatic carbocycles. The van der Waals surface area contributed by atoms with Gasteiger partial charge in [-0.05, 0) is 32.4 Å². The highest BCUT2D eigenvalue weighted by Crippen LogP contribution is 2.10. The minimum Gasteiger partial charge on any atom is -0.348 e. The Morgan fingerprint density at radius 1 is 1.19 bits per heavy atom. The summed E-state index contributed by atoms with van der Waals surface area (Å²) in [6.07, 6.45) is 3.54. The van der Waals surface area contributed by atoms with Crippen LogP contribution in [0.15, 0.2) is 0 Å². The Morgan fingerprint density at radius 2 is 1.86 bits per heavy atom. The van der Waals surface area contributed by atoms with E-state index in [9.17, 15) is 4.79 Å². The molecular formula is C16H34N4O. The van der Waals surface area contributed by atoms with Crippen molar-refractivity contribution in [2.45, 2.75) is 39.2 Å². The molecule has 1 fully saturated rings. The van der Waals surface area contributed by atoms with Gasteiger partial charge in [0.1, 0.15) is 0 Å². The molecule has 0 saturated carbocycles. The number of likely N-dealkylation sites (tertiary alicyclic amines) is 1. The normalized spacial score (nSPS) is 17.4. The van der Waals surface area contributed by atoms with E-state index >= 15 is 0 Å². The number of likely N-dealkylation sites (N-methyl/N-ethyl adjacent to an activating group) is 2. The zero-order valence-electron chi connectivity index (χ0n) is 14.4. The molecule has 21 heavy (non-hydrogen) atoms. The minimum absolute atomic E-state index is 0.208. The van der Waals surface area contributed by atoms with Crippen LogP contribution in [-0.4, -0.2) is 86.6 Å². The first-order valence-corrected chi connectivity index (χ1v) is 8.45. The van der Waals surface area contributed by atoms with Crippen LogP contribution in [-0.2, 0) is 4.79 Å². The number of piperidine rings is 1. The monoisotopic (exact) mass is 298 g/mol. The van der Waals surface area contributed by atoms with Crippen LogP contribution >= 0.6 is 0 Å². The van der Waals surface area contributed by atoms with Crippen LogP contribution in [0.3, 0.4) is 0 Å². The molecule has 0 radical (unpaired) electrons. The van der Waals surface area contributed by atoms with E-state index in [0.717, 1.165) is 45.6 Å². The number of carbonyl (C=O) groups excluding carboxylic acids is 1. The molecule has 1 saturated heterocycles. The molecule has 0 bridgehead atoms. The highest BCUT2D eigenvalue weighted by molar-refractivity contribution is 5.77. The first-order chi connectivity index (χ1) is 10.1. The third kappa shape index (κ3) is 7.25. The molecule has 0 aromatic rings. The molecule has 1 aliphatic heterocycles. The molecule has 1 amide bonds. The molecule has 0 aromatic carbocycles. The second-order valence-electron chi connectivity index (χ2n) is 6.23. The second kappa shape index (κ2) is 10.1. The van der Waals surface area contributed by atoms with Gasteiger partial charge < -0.3 is 15.1 Å². The van der Waals surface area contributed by atoms with E-state index in [1.807, 2.05) is 14.1 Å². The summed E-state index contributed by atoms with van der Waals surface area (Å²) in [6.45, 7) is 11.7. The summed E-state index contributed by atoms with van der Waals surface area (Å²) in [7, 11) is 3.65. The standard InChI is InChI=1S/C16H34N4O/c1-5-10-19(6-2)13-9-17-15-7-11-20(12-8-15)14-16(21)18(3)4/h15,17H,5-14H2,1-4H3. The summed E-state index contributed by atoms with van der Waals surface area (Å²) >= 11 is 0. The summed E-state index contributed by atoms with van der Waals surface area (Å²) in [5.41, 5.74) is 0. The van der Waals surface area contributed by atoms with Crippen LogP contribution < -0.4 is 5.32 Å². The van der Waals surface area contributed by atoms with Crippen molar-refractivity contribution >= 4 is 5.91 Å². The maximum Gasteiger partial charge on any atom is 0.236 e. The van der Waals surface area contributed by atoms with E-state index in [-0.39, 0.29) is 5.91 Å². The van der Waals surface area contributed by atoms with E-state index in [0.29, 0.717) is 12.6 Å².